The summed E-state index contributed by atoms with van der Waals surface area (Å²) in [5, 5.41) is 14.7. The number of thiophene rings is 1. The van der Waals surface area contributed by atoms with Gasteiger partial charge in [0.25, 0.3) is 11.8 Å². The first-order chi connectivity index (χ1) is 15.6. The van der Waals surface area contributed by atoms with Gasteiger partial charge in [-0.05, 0) is 43.7 Å². The second kappa shape index (κ2) is 10.1. The van der Waals surface area contributed by atoms with E-state index in [0.717, 1.165) is 36.8 Å². The molecule has 0 spiro atoms. The summed E-state index contributed by atoms with van der Waals surface area (Å²) in [4.78, 5) is 27.2. The molecule has 2 N–H and O–H groups in total. The summed E-state index contributed by atoms with van der Waals surface area (Å²) in [6.07, 6.45) is 3.92. The van der Waals surface area contributed by atoms with Gasteiger partial charge < -0.3 is 15.4 Å². The summed E-state index contributed by atoms with van der Waals surface area (Å²) >= 11 is 1.49. The van der Waals surface area contributed by atoms with E-state index in [1.807, 2.05) is 37.3 Å². The maximum atomic E-state index is 13.1. The molecule has 8 nitrogen and oxygen atoms in total. The van der Waals surface area contributed by atoms with Gasteiger partial charge in [-0.3, -0.25) is 9.59 Å². The zero-order chi connectivity index (χ0) is 22.5. The number of rotatable bonds is 8. The fraction of sp³-hybridized carbons (Fsp3) is 0.391. The van der Waals surface area contributed by atoms with Gasteiger partial charge in [-0.15, -0.1) is 16.4 Å². The highest BCUT2D eigenvalue weighted by atomic mass is 32.1. The van der Waals surface area contributed by atoms with Gasteiger partial charge >= 0.3 is 0 Å². The van der Waals surface area contributed by atoms with E-state index < -0.39 is 0 Å². The van der Waals surface area contributed by atoms with Crippen molar-refractivity contribution in [1.82, 2.24) is 20.3 Å². The molecule has 2 heterocycles. The highest BCUT2D eigenvalue weighted by molar-refractivity contribution is 7.17. The molecule has 0 aliphatic heterocycles. The Kier molecular flexibility index (Phi) is 6.96. The minimum Gasteiger partial charge on any atom is -0.383 e. The quantitative estimate of drug-likeness (QED) is 0.511. The Morgan fingerprint density at radius 2 is 1.94 bits per heavy atom. The van der Waals surface area contributed by atoms with Crippen molar-refractivity contribution < 1.29 is 14.3 Å². The number of methoxy groups -OCH3 is 1. The van der Waals surface area contributed by atoms with E-state index in [9.17, 15) is 9.59 Å². The molecule has 168 valence electrons. The predicted molar refractivity (Wildman–Crippen MR) is 123 cm³/mol. The number of ether oxygens (including phenoxy) is 1. The summed E-state index contributed by atoms with van der Waals surface area (Å²) < 4.78 is 6.74. The Balaban J connectivity index is 1.55. The van der Waals surface area contributed by atoms with Crippen LogP contribution in [0.25, 0.3) is 0 Å². The first-order valence-corrected chi connectivity index (χ1v) is 11.6. The van der Waals surface area contributed by atoms with Crippen LogP contribution in [0.3, 0.4) is 0 Å². The maximum Gasteiger partial charge on any atom is 0.278 e. The van der Waals surface area contributed by atoms with E-state index in [4.69, 9.17) is 4.74 Å². The van der Waals surface area contributed by atoms with Gasteiger partial charge in [0, 0.05) is 18.5 Å². The Morgan fingerprint density at radius 1 is 1.16 bits per heavy atom. The Bertz CT molecular complexity index is 1110. The average Bonchev–Trinajstić information content (AvgIpc) is 3.34. The molecule has 4 rings (SSSR count). The number of benzene rings is 1. The minimum absolute atomic E-state index is 0.179. The summed E-state index contributed by atoms with van der Waals surface area (Å²) in [5.74, 6) is -0.535. The first-order valence-electron chi connectivity index (χ1n) is 10.8. The third kappa shape index (κ3) is 4.73. The maximum absolute atomic E-state index is 13.1. The van der Waals surface area contributed by atoms with Crippen molar-refractivity contribution in [3.63, 3.8) is 0 Å². The van der Waals surface area contributed by atoms with Gasteiger partial charge in [0.15, 0.2) is 5.69 Å². The topological polar surface area (TPSA) is 98.1 Å². The number of nitrogens with zero attached hydrogens (tertiary/aromatic N) is 3. The number of carbonyl (C=O) groups is 2. The monoisotopic (exact) mass is 453 g/mol. The predicted octanol–water partition coefficient (Wildman–Crippen LogP) is 3.20. The fourth-order valence-electron chi connectivity index (χ4n) is 3.89. The van der Waals surface area contributed by atoms with Crippen LogP contribution in [-0.2, 0) is 24.1 Å². The molecule has 0 bridgehead atoms. The molecule has 1 aliphatic rings. The van der Waals surface area contributed by atoms with Gasteiger partial charge in [0.2, 0.25) is 0 Å². The number of aromatic nitrogens is 3. The number of hydrogen-bond donors (Lipinski definition) is 2. The van der Waals surface area contributed by atoms with Crippen LogP contribution in [-0.4, -0.2) is 47.1 Å². The summed E-state index contributed by atoms with van der Waals surface area (Å²) in [6, 6.07) is 9.90. The molecule has 1 aliphatic carbocycles. The zero-order valence-corrected chi connectivity index (χ0v) is 19.1. The van der Waals surface area contributed by atoms with E-state index in [-0.39, 0.29) is 17.5 Å². The van der Waals surface area contributed by atoms with Gasteiger partial charge in [-0.25, -0.2) is 4.68 Å². The van der Waals surface area contributed by atoms with Crippen molar-refractivity contribution in [2.24, 2.45) is 0 Å². The molecule has 9 heteroatoms. The highest BCUT2D eigenvalue weighted by Crippen LogP contribution is 2.38. The molecule has 32 heavy (non-hydrogen) atoms. The van der Waals surface area contributed by atoms with Crippen LogP contribution in [0, 0.1) is 6.92 Å². The number of nitrogens with one attached hydrogen (secondary N) is 2. The van der Waals surface area contributed by atoms with Gasteiger partial charge in [0.1, 0.15) is 5.00 Å². The van der Waals surface area contributed by atoms with Crippen LogP contribution >= 0.6 is 11.3 Å². The lowest BCUT2D eigenvalue weighted by atomic mass is 9.95. The van der Waals surface area contributed by atoms with Crippen molar-refractivity contribution in [2.45, 2.75) is 39.2 Å². The number of aryl methyl sites for hydroxylation is 1. The number of amides is 2. The highest BCUT2D eigenvalue weighted by Gasteiger charge is 2.27. The number of hydrogen-bond acceptors (Lipinski definition) is 6. The molecule has 0 saturated heterocycles. The van der Waals surface area contributed by atoms with Crippen LogP contribution in [0.5, 0.6) is 0 Å². The van der Waals surface area contributed by atoms with E-state index in [1.165, 1.54) is 16.2 Å². The van der Waals surface area contributed by atoms with Crippen molar-refractivity contribution in [3.05, 3.63) is 63.3 Å². The smallest absolute Gasteiger partial charge is 0.278 e. The third-order valence-electron chi connectivity index (χ3n) is 5.59. The first kappa shape index (κ1) is 22.2. The molecule has 1 aromatic carbocycles. The van der Waals surface area contributed by atoms with E-state index in [1.54, 1.807) is 11.8 Å². The lowest BCUT2D eigenvalue weighted by Crippen LogP contribution is -2.28. The number of anilines is 1. The van der Waals surface area contributed by atoms with E-state index >= 15 is 0 Å². The van der Waals surface area contributed by atoms with Crippen molar-refractivity contribution in [3.8, 4) is 0 Å². The second-order valence-corrected chi connectivity index (χ2v) is 8.89. The number of fused-ring (bicyclic) bond motifs is 1. The molecule has 0 saturated carbocycles. The Morgan fingerprint density at radius 3 is 2.72 bits per heavy atom. The van der Waals surface area contributed by atoms with E-state index in [2.05, 4.69) is 20.9 Å². The normalized spacial score (nSPS) is 12.9. The van der Waals surface area contributed by atoms with Gasteiger partial charge in [-0.1, -0.05) is 35.5 Å². The van der Waals surface area contributed by atoms with Gasteiger partial charge in [-0.2, -0.15) is 0 Å². The Hall–Kier alpha value is -3.04. The van der Waals surface area contributed by atoms with Crippen LogP contribution in [0.2, 0.25) is 0 Å². The van der Waals surface area contributed by atoms with Crippen molar-refractivity contribution in [1.29, 1.82) is 0 Å². The third-order valence-corrected chi connectivity index (χ3v) is 6.80. The summed E-state index contributed by atoms with van der Waals surface area (Å²) in [6.45, 7) is 3.22. The minimum atomic E-state index is -0.355. The Labute approximate surface area is 191 Å². The molecule has 0 atom stereocenters. The largest absolute Gasteiger partial charge is 0.383 e. The molecular formula is C23H27N5O3S. The molecule has 3 aromatic rings. The molecule has 0 unspecified atom stereocenters. The summed E-state index contributed by atoms with van der Waals surface area (Å²) in [7, 11) is 1.59. The van der Waals surface area contributed by atoms with Crippen LogP contribution in [0.15, 0.2) is 30.3 Å². The summed E-state index contributed by atoms with van der Waals surface area (Å²) in [5.41, 5.74) is 3.64. The van der Waals surface area contributed by atoms with Crippen LogP contribution in [0.1, 0.15) is 55.4 Å². The SMILES string of the molecule is COCCNC(=O)c1c(NC(=O)c2nnn(Cc3ccccc3)c2C)sc2c1CCCC2. The van der Waals surface area contributed by atoms with Crippen LogP contribution < -0.4 is 10.6 Å². The molecular weight excluding hydrogens is 426 g/mol. The van der Waals surface area contributed by atoms with Crippen molar-refractivity contribution >= 4 is 28.2 Å². The molecule has 2 amide bonds. The fourth-order valence-corrected chi connectivity index (χ4v) is 5.17. The zero-order valence-electron chi connectivity index (χ0n) is 18.3. The lowest BCUT2D eigenvalue weighted by Gasteiger charge is -2.13. The van der Waals surface area contributed by atoms with Crippen LogP contribution in [0.4, 0.5) is 5.00 Å². The lowest BCUT2D eigenvalue weighted by molar-refractivity contribution is 0.0937. The molecule has 0 fully saturated rings. The van der Waals surface area contributed by atoms with Crippen molar-refractivity contribution in [2.75, 3.05) is 25.6 Å². The van der Waals surface area contributed by atoms with Gasteiger partial charge in [0.05, 0.1) is 24.4 Å². The van der Waals surface area contributed by atoms with E-state index in [0.29, 0.717) is 36.0 Å². The second-order valence-electron chi connectivity index (χ2n) is 7.78. The molecule has 2 aromatic heterocycles. The average molecular weight is 454 g/mol. The number of carbonyl (C=O) groups excluding carboxylic acids is 2. The standard InChI is InChI=1S/C23H27N5O3S/c1-15-20(26-27-28(15)14-16-8-4-3-5-9-16)22(30)25-23-19(21(29)24-12-13-31-2)17-10-6-7-11-18(17)32-23/h3-5,8-9H,6-7,10-14H2,1-2H3,(H,24,29)(H,25,30). The molecule has 0 radical (unpaired) electrons.